The molecule has 1 heterocycles. The Morgan fingerprint density at radius 3 is 2.80 bits per heavy atom. The zero-order valence-electron chi connectivity index (χ0n) is 11.0. The predicted octanol–water partition coefficient (Wildman–Crippen LogP) is 1.59. The first kappa shape index (κ1) is 14.6. The second-order valence-corrected chi connectivity index (χ2v) is 6.82. The van der Waals surface area contributed by atoms with Gasteiger partial charge in [-0.15, -0.1) is 0 Å². The lowest BCUT2D eigenvalue weighted by molar-refractivity contribution is -0.385. The summed E-state index contributed by atoms with van der Waals surface area (Å²) >= 11 is 0. The molecule has 0 bridgehead atoms. The van der Waals surface area contributed by atoms with E-state index in [0.29, 0.717) is 18.7 Å². The summed E-state index contributed by atoms with van der Waals surface area (Å²) < 4.78 is 28.1. The first-order valence-electron chi connectivity index (χ1n) is 6.30. The highest BCUT2D eigenvalue weighted by atomic mass is 32.2. The Hall–Kier alpha value is -1.83. The van der Waals surface area contributed by atoms with Crippen LogP contribution in [0.25, 0.3) is 0 Å². The molecule has 1 aromatic carbocycles. The van der Waals surface area contributed by atoms with Crippen molar-refractivity contribution in [1.82, 2.24) is 0 Å². The summed E-state index contributed by atoms with van der Waals surface area (Å²) in [7, 11) is -3.03. The molecule has 7 nitrogen and oxygen atoms in total. The molecule has 0 spiro atoms. The van der Waals surface area contributed by atoms with Gasteiger partial charge >= 0.3 is 5.69 Å². The number of hydrogen-bond donors (Lipinski definition) is 1. The number of ether oxygens (including phenoxy) is 1. The Labute approximate surface area is 117 Å². The largest absolute Gasteiger partial charge is 0.487 e. The van der Waals surface area contributed by atoms with E-state index in [1.54, 1.807) is 19.1 Å². The monoisotopic (exact) mass is 300 g/mol. The van der Waals surface area contributed by atoms with Crippen molar-refractivity contribution in [1.29, 1.82) is 0 Å². The third-order valence-electron chi connectivity index (χ3n) is 3.07. The van der Waals surface area contributed by atoms with E-state index in [-0.39, 0.29) is 29.0 Å². The topological polar surface area (TPSA) is 98.5 Å². The van der Waals surface area contributed by atoms with Gasteiger partial charge in [0, 0.05) is 6.04 Å². The smallest absolute Gasteiger partial charge is 0.333 e. The van der Waals surface area contributed by atoms with Gasteiger partial charge < -0.3 is 10.1 Å². The molecule has 20 heavy (non-hydrogen) atoms. The van der Waals surface area contributed by atoms with Crippen LogP contribution in [0.15, 0.2) is 18.2 Å². The minimum Gasteiger partial charge on any atom is -0.487 e. The third-order valence-corrected chi connectivity index (χ3v) is 4.84. The average molecular weight is 300 g/mol. The Balaban J connectivity index is 2.27. The molecule has 1 aromatic rings. The van der Waals surface area contributed by atoms with E-state index in [0.717, 1.165) is 0 Å². The second-order valence-electron chi connectivity index (χ2n) is 4.59. The van der Waals surface area contributed by atoms with Crippen LogP contribution in [-0.4, -0.2) is 37.5 Å². The zero-order chi connectivity index (χ0) is 14.8. The fraction of sp³-hybridized carbons (Fsp3) is 0.500. The number of anilines is 1. The van der Waals surface area contributed by atoms with E-state index in [1.165, 1.54) is 6.07 Å². The van der Waals surface area contributed by atoms with Crippen LogP contribution >= 0.6 is 0 Å². The molecule has 1 aliphatic rings. The van der Waals surface area contributed by atoms with E-state index in [9.17, 15) is 18.5 Å². The molecular formula is C12H16N2O5S. The molecule has 0 aromatic heterocycles. The van der Waals surface area contributed by atoms with Gasteiger partial charge in [-0.25, -0.2) is 8.42 Å². The van der Waals surface area contributed by atoms with Crippen molar-refractivity contribution in [3.05, 3.63) is 28.3 Å². The molecule has 0 aliphatic carbocycles. The standard InChI is InChI=1S/C12H16N2O5S/c1-2-19-11-5-3-4-10(12(11)14(15)16)13-9-6-7-20(17,18)8-9/h3-5,9,13H,2,6-8H2,1H3. The lowest BCUT2D eigenvalue weighted by atomic mass is 10.2. The van der Waals surface area contributed by atoms with Gasteiger partial charge in [-0.3, -0.25) is 10.1 Å². The van der Waals surface area contributed by atoms with Crippen LogP contribution in [0.3, 0.4) is 0 Å². The molecular weight excluding hydrogens is 284 g/mol. The predicted molar refractivity (Wildman–Crippen MR) is 74.9 cm³/mol. The fourth-order valence-corrected chi connectivity index (χ4v) is 3.90. The zero-order valence-corrected chi connectivity index (χ0v) is 11.9. The molecule has 8 heteroatoms. The maximum Gasteiger partial charge on any atom is 0.333 e. The SMILES string of the molecule is CCOc1cccc(NC2CCS(=O)(=O)C2)c1[N+](=O)[O-]. The number of sulfone groups is 1. The number of nitrogens with zero attached hydrogens (tertiary/aromatic N) is 1. The van der Waals surface area contributed by atoms with E-state index >= 15 is 0 Å². The molecule has 0 radical (unpaired) electrons. The maximum absolute atomic E-state index is 11.4. The van der Waals surface area contributed by atoms with Gasteiger partial charge in [0.05, 0.1) is 23.0 Å². The summed E-state index contributed by atoms with van der Waals surface area (Å²) in [4.78, 5) is 10.7. The molecule has 110 valence electrons. The van der Waals surface area contributed by atoms with Gasteiger partial charge in [-0.1, -0.05) is 6.07 Å². The Bertz CT molecular complexity index is 614. The highest BCUT2D eigenvalue weighted by molar-refractivity contribution is 7.91. The third kappa shape index (κ3) is 3.19. The van der Waals surface area contributed by atoms with Gasteiger partial charge in [-0.05, 0) is 25.5 Å². The van der Waals surface area contributed by atoms with Gasteiger partial charge in [0.1, 0.15) is 5.69 Å². The van der Waals surface area contributed by atoms with Crippen LogP contribution in [-0.2, 0) is 9.84 Å². The highest BCUT2D eigenvalue weighted by Crippen LogP contribution is 2.35. The minimum atomic E-state index is -3.03. The van der Waals surface area contributed by atoms with Gasteiger partial charge in [0.25, 0.3) is 0 Å². The molecule has 0 amide bonds. The summed E-state index contributed by atoms with van der Waals surface area (Å²) in [6.07, 6.45) is 0.457. The van der Waals surface area contributed by atoms with Crippen molar-refractivity contribution < 1.29 is 18.1 Å². The molecule has 1 atom stereocenters. The van der Waals surface area contributed by atoms with Gasteiger partial charge in [0.15, 0.2) is 15.6 Å². The lowest BCUT2D eigenvalue weighted by Crippen LogP contribution is -2.21. The number of nitro groups is 1. The van der Waals surface area contributed by atoms with Crippen LogP contribution in [0, 0.1) is 10.1 Å². The molecule has 1 unspecified atom stereocenters. The molecule has 2 rings (SSSR count). The first-order chi connectivity index (χ1) is 9.43. The maximum atomic E-state index is 11.4. The number of rotatable bonds is 5. The molecule has 1 fully saturated rings. The van der Waals surface area contributed by atoms with E-state index < -0.39 is 14.8 Å². The molecule has 1 saturated heterocycles. The Kier molecular flexibility index (Phi) is 4.12. The van der Waals surface area contributed by atoms with Crippen LogP contribution in [0.1, 0.15) is 13.3 Å². The van der Waals surface area contributed by atoms with E-state index in [2.05, 4.69) is 5.32 Å². The van der Waals surface area contributed by atoms with E-state index in [1.807, 2.05) is 0 Å². The summed E-state index contributed by atoms with van der Waals surface area (Å²) in [6.45, 7) is 2.06. The van der Waals surface area contributed by atoms with E-state index in [4.69, 9.17) is 4.74 Å². The summed E-state index contributed by atoms with van der Waals surface area (Å²) in [6, 6.07) is 4.43. The molecule has 1 N–H and O–H groups in total. The molecule has 1 aliphatic heterocycles. The quantitative estimate of drug-likeness (QED) is 0.655. The van der Waals surface area contributed by atoms with Crippen molar-refractivity contribution in [2.24, 2.45) is 0 Å². The minimum absolute atomic E-state index is 0.00299. The van der Waals surface area contributed by atoms with Crippen molar-refractivity contribution >= 4 is 21.2 Å². The van der Waals surface area contributed by atoms with Gasteiger partial charge in [-0.2, -0.15) is 0 Å². The molecule has 0 saturated carbocycles. The summed E-state index contributed by atoms with van der Waals surface area (Å²) in [5.74, 6) is 0.301. The van der Waals surface area contributed by atoms with Crippen LogP contribution in [0.4, 0.5) is 11.4 Å². The Morgan fingerprint density at radius 2 is 2.25 bits per heavy atom. The van der Waals surface area contributed by atoms with Crippen LogP contribution < -0.4 is 10.1 Å². The summed E-state index contributed by atoms with van der Waals surface area (Å²) in [5, 5.41) is 14.1. The number of hydrogen-bond acceptors (Lipinski definition) is 6. The van der Waals surface area contributed by atoms with Crippen molar-refractivity contribution in [3.63, 3.8) is 0 Å². The van der Waals surface area contributed by atoms with Crippen molar-refractivity contribution in [2.75, 3.05) is 23.4 Å². The number of nitro benzene ring substituents is 1. The average Bonchev–Trinajstić information content (AvgIpc) is 2.69. The van der Waals surface area contributed by atoms with Crippen LogP contribution in [0.2, 0.25) is 0 Å². The fourth-order valence-electron chi connectivity index (χ4n) is 2.23. The first-order valence-corrected chi connectivity index (χ1v) is 8.12. The number of nitrogens with one attached hydrogen (secondary N) is 1. The second kappa shape index (κ2) is 5.66. The number of benzene rings is 1. The number of para-hydroxylation sites is 1. The van der Waals surface area contributed by atoms with Crippen molar-refractivity contribution in [3.8, 4) is 5.75 Å². The van der Waals surface area contributed by atoms with Gasteiger partial charge in [0.2, 0.25) is 0 Å². The summed E-state index contributed by atoms with van der Waals surface area (Å²) in [5.41, 5.74) is 0.140. The lowest BCUT2D eigenvalue weighted by Gasteiger charge is -2.14. The van der Waals surface area contributed by atoms with Crippen molar-refractivity contribution in [2.45, 2.75) is 19.4 Å². The van der Waals surface area contributed by atoms with Crippen LogP contribution in [0.5, 0.6) is 5.75 Å². The Morgan fingerprint density at radius 1 is 1.50 bits per heavy atom. The normalized spacial score (nSPS) is 20.6. The highest BCUT2D eigenvalue weighted by Gasteiger charge is 2.30.